The number of carbonyl (C=O) groups is 2. The van der Waals surface area contributed by atoms with Gasteiger partial charge in [0.25, 0.3) is 0 Å². The number of urea groups is 2. The van der Waals surface area contributed by atoms with Gasteiger partial charge in [0.2, 0.25) is 0 Å². The van der Waals surface area contributed by atoms with Gasteiger partial charge >= 0.3 is 12.1 Å². The van der Waals surface area contributed by atoms with Crippen LogP contribution in [-0.4, -0.2) is 62.2 Å². The van der Waals surface area contributed by atoms with E-state index in [1.165, 1.54) is 7.05 Å². The number of hydrogen-bond acceptors (Lipinski definition) is 5. The number of fused-ring (bicyclic) bond motifs is 1. The maximum Gasteiger partial charge on any atom is 0.324 e. The lowest BCUT2D eigenvalue weighted by Gasteiger charge is -2.23. The van der Waals surface area contributed by atoms with E-state index in [1.807, 2.05) is 24.3 Å². The van der Waals surface area contributed by atoms with Crippen LogP contribution in [0, 0.1) is 10.8 Å². The third kappa shape index (κ3) is 11.5. The maximum absolute atomic E-state index is 12.7. The lowest BCUT2D eigenvalue weighted by Crippen LogP contribution is -2.47. The molecule has 0 spiro atoms. The molecule has 0 radical (unpaired) electrons. The highest BCUT2D eigenvalue weighted by Crippen LogP contribution is 2.18. The Balaban J connectivity index is 1.64. The predicted octanol–water partition coefficient (Wildman–Crippen LogP) is 2.69. The average molecular weight is 489 g/mol. The van der Waals surface area contributed by atoms with Gasteiger partial charge in [-0.25, -0.2) is 9.59 Å². The molecule has 0 fully saturated rings. The summed E-state index contributed by atoms with van der Waals surface area (Å²) in [7, 11) is 1.51. The Labute approximate surface area is 207 Å². The number of rotatable bonds is 9. The molecule has 0 bridgehead atoms. The molecule has 7 N–H and O–H groups in total. The number of nitrogens with zero attached hydrogens (tertiary/aromatic N) is 1. The Morgan fingerprint density at radius 2 is 1.86 bits per heavy atom. The van der Waals surface area contributed by atoms with Crippen LogP contribution in [0.3, 0.4) is 0 Å². The number of amides is 4. The van der Waals surface area contributed by atoms with Gasteiger partial charge in [0.15, 0.2) is 11.9 Å². The fourth-order valence-corrected chi connectivity index (χ4v) is 3.67. The lowest BCUT2D eigenvalue weighted by molar-refractivity contribution is 0.198. The number of guanidine groups is 2. The fraction of sp³-hybridized carbons (Fsp3) is 0.583. The minimum atomic E-state index is -0.407. The average Bonchev–Trinajstić information content (AvgIpc) is 2.85. The number of carbonyl (C=O) groups excluding carboxylic acids is 2. The topological polar surface area (TPSA) is 154 Å². The van der Waals surface area contributed by atoms with E-state index in [-0.39, 0.29) is 18.0 Å². The number of benzene rings is 1. The van der Waals surface area contributed by atoms with Gasteiger partial charge in [-0.15, -0.1) is 0 Å². The quantitative estimate of drug-likeness (QED) is 0.162. The van der Waals surface area contributed by atoms with Crippen LogP contribution in [0.4, 0.5) is 9.59 Å². The van der Waals surface area contributed by atoms with Gasteiger partial charge in [0.1, 0.15) is 5.75 Å². The molecular weight excluding hydrogens is 448 g/mol. The molecule has 0 aliphatic carbocycles. The third-order valence-electron chi connectivity index (χ3n) is 5.65. The molecule has 1 aromatic rings. The fourth-order valence-electron chi connectivity index (χ4n) is 3.67. The number of para-hydroxylation sites is 1. The Hall–Kier alpha value is -3.50. The highest BCUT2D eigenvalue weighted by atomic mass is 16.5. The van der Waals surface area contributed by atoms with Crippen molar-refractivity contribution < 1.29 is 14.3 Å². The van der Waals surface area contributed by atoms with Gasteiger partial charge in [-0.2, -0.15) is 0 Å². The van der Waals surface area contributed by atoms with Crippen LogP contribution < -0.4 is 31.3 Å². The van der Waals surface area contributed by atoms with Gasteiger partial charge in [-0.3, -0.25) is 21.5 Å². The largest absolute Gasteiger partial charge is 0.493 e. The first-order valence-corrected chi connectivity index (χ1v) is 12.4. The van der Waals surface area contributed by atoms with Gasteiger partial charge in [0, 0.05) is 38.8 Å². The van der Waals surface area contributed by atoms with Crippen molar-refractivity contribution >= 4 is 24.0 Å². The van der Waals surface area contributed by atoms with Crippen molar-refractivity contribution in [1.82, 2.24) is 31.5 Å². The molecule has 4 amide bonds. The SMILES string of the molecule is CNC(=O)NC(=N)NCCCCCCCCN1CCCCOc2ccccc2CNC(=N)NC1=O. The molecule has 1 aromatic carbocycles. The number of unbranched alkanes of at least 4 members (excludes halogenated alkanes) is 5. The Bertz CT molecular complexity index is 833. The van der Waals surface area contributed by atoms with Gasteiger partial charge in [-0.1, -0.05) is 43.9 Å². The first-order chi connectivity index (χ1) is 17.0. The summed E-state index contributed by atoms with van der Waals surface area (Å²) in [5, 5.41) is 28.9. The van der Waals surface area contributed by atoms with Gasteiger partial charge < -0.3 is 25.6 Å². The van der Waals surface area contributed by atoms with Crippen LogP contribution in [0.15, 0.2) is 24.3 Å². The zero-order chi connectivity index (χ0) is 25.3. The van der Waals surface area contributed by atoms with Crippen molar-refractivity contribution in [2.24, 2.45) is 0 Å². The molecule has 0 aromatic heterocycles. The van der Waals surface area contributed by atoms with Gasteiger partial charge in [-0.05, 0) is 31.7 Å². The smallest absolute Gasteiger partial charge is 0.324 e. The van der Waals surface area contributed by atoms with Crippen molar-refractivity contribution in [2.75, 3.05) is 33.3 Å². The normalized spacial score (nSPS) is 14.6. The van der Waals surface area contributed by atoms with Crippen molar-refractivity contribution in [2.45, 2.75) is 57.9 Å². The van der Waals surface area contributed by atoms with E-state index in [9.17, 15) is 9.59 Å². The minimum Gasteiger partial charge on any atom is -0.493 e. The summed E-state index contributed by atoms with van der Waals surface area (Å²) in [6.07, 6.45) is 7.75. The summed E-state index contributed by atoms with van der Waals surface area (Å²) < 4.78 is 5.92. The summed E-state index contributed by atoms with van der Waals surface area (Å²) in [5.74, 6) is 0.801. The second-order valence-corrected chi connectivity index (χ2v) is 8.44. The van der Waals surface area contributed by atoms with E-state index in [0.29, 0.717) is 32.8 Å². The van der Waals surface area contributed by atoms with Crippen molar-refractivity contribution in [1.29, 1.82) is 10.8 Å². The molecule has 194 valence electrons. The zero-order valence-corrected chi connectivity index (χ0v) is 20.7. The molecule has 0 saturated heterocycles. The van der Waals surface area contributed by atoms with Crippen LogP contribution in [0.5, 0.6) is 5.75 Å². The second-order valence-electron chi connectivity index (χ2n) is 8.44. The van der Waals surface area contributed by atoms with E-state index < -0.39 is 6.03 Å². The molecule has 0 saturated carbocycles. The summed E-state index contributed by atoms with van der Waals surface area (Å²) in [5.41, 5.74) is 0.956. The van der Waals surface area contributed by atoms with Crippen molar-refractivity contribution in [3.05, 3.63) is 29.8 Å². The van der Waals surface area contributed by atoms with Crippen LogP contribution in [-0.2, 0) is 6.54 Å². The number of ether oxygens (including phenoxy) is 1. The summed E-state index contributed by atoms with van der Waals surface area (Å²) in [4.78, 5) is 25.6. The molecule has 0 unspecified atom stereocenters. The monoisotopic (exact) mass is 488 g/mol. The lowest BCUT2D eigenvalue weighted by atomic mass is 10.1. The van der Waals surface area contributed by atoms with E-state index >= 15 is 0 Å². The standard InChI is InChI=1S/C24H40N8O3/c1-27-23(33)30-21(25)28-14-8-4-2-3-5-9-15-32-16-10-11-17-35-20-13-7-6-12-19(20)18-29-22(26)31-24(32)34/h6-7,12-13H,2-5,8-11,14-18H2,1H3,(H3,26,29,31,34)(H4,25,27,28,30,33). The van der Waals surface area contributed by atoms with Crippen molar-refractivity contribution in [3.8, 4) is 5.75 Å². The van der Waals surface area contributed by atoms with E-state index in [2.05, 4.69) is 26.6 Å². The van der Waals surface area contributed by atoms with E-state index in [1.54, 1.807) is 4.90 Å². The minimum absolute atomic E-state index is 0.00344. The predicted molar refractivity (Wildman–Crippen MR) is 137 cm³/mol. The third-order valence-corrected chi connectivity index (χ3v) is 5.65. The van der Waals surface area contributed by atoms with E-state index in [0.717, 1.165) is 62.7 Å². The molecule has 11 heteroatoms. The Kier molecular flexibility index (Phi) is 12.8. The van der Waals surface area contributed by atoms with Crippen molar-refractivity contribution in [3.63, 3.8) is 0 Å². The molecule has 1 aliphatic rings. The molecule has 0 atom stereocenters. The first kappa shape index (κ1) is 27.7. The highest BCUT2D eigenvalue weighted by Gasteiger charge is 2.15. The van der Waals surface area contributed by atoms with Crippen LogP contribution >= 0.6 is 0 Å². The highest BCUT2D eigenvalue weighted by molar-refractivity contribution is 5.95. The summed E-state index contributed by atoms with van der Waals surface area (Å²) in [6, 6.07) is 7.10. The number of nitrogens with one attached hydrogen (secondary N) is 7. The number of hydrogen-bond donors (Lipinski definition) is 7. The van der Waals surface area contributed by atoms with Crippen LogP contribution in [0.1, 0.15) is 56.9 Å². The Morgan fingerprint density at radius 1 is 1.11 bits per heavy atom. The maximum atomic E-state index is 12.7. The molecule has 35 heavy (non-hydrogen) atoms. The van der Waals surface area contributed by atoms with Crippen LogP contribution in [0.2, 0.25) is 0 Å². The zero-order valence-electron chi connectivity index (χ0n) is 20.7. The van der Waals surface area contributed by atoms with Crippen LogP contribution in [0.25, 0.3) is 0 Å². The molecule has 11 nitrogen and oxygen atoms in total. The van der Waals surface area contributed by atoms with Gasteiger partial charge in [0.05, 0.1) is 6.61 Å². The molecule has 1 aliphatic heterocycles. The first-order valence-electron chi connectivity index (χ1n) is 12.4. The summed E-state index contributed by atoms with van der Waals surface area (Å²) in [6.45, 7) is 2.94. The molecule has 2 rings (SSSR count). The molecule has 1 heterocycles. The Morgan fingerprint density at radius 3 is 2.66 bits per heavy atom. The summed E-state index contributed by atoms with van der Waals surface area (Å²) >= 11 is 0. The second kappa shape index (κ2) is 16.2. The van der Waals surface area contributed by atoms with E-state index in [4.69, 9.17) is 15.6 Å². The molecular formula is C24H40N8O3.